The summed E-state index contributed by atoms with van der Waals surface area (Å²) in [5, 5.41) is 16.9. The van der Waals surface area contributed by atoms with Gasteiger partial charge in [-0.25, -0.2) is 19.6 Å². The third kappa shape index (κ3) is 7.34. The summed E-state index contributed by atoms with van der Waals surface area (Å²) in [4.78, 5) is 18.1. The van der Waals surface area contributed by atoms with E-state index in [4.69, 9.17) is 15.2 Å². The highest BCUT2D eigenvalue weighted by Gasteiger charge is 2.20. The average molecular weight is 527 g/mol. The predicted molar refractivity (Wildman–Crippen MR) is 153 cm³/mol. The summed E-state index contributed by atoms with van der Waals surface area (Å²) in [5.41, 5.74) is 8.29. The Bertz CT molecular complexity index is 1390. The molecule has 0 saturated heterocycles. The number of nitrogens with one attached hydrogen (secondary N) is 1. The first kappa shape index (κ1) is 29.2. The Balaban J connectivity index is 0.00000205. The van der Waals surface area contributed by atoms with Gasteiger partial charge in [0, 0.05) is 55.0 Å². The van der Waals surface area contributed by atoms with Crippen molar-refractivity contribution in [3.63, 3.8) is 0 Å². The molecular formula is C27H34BN9O2. The molecule has 4 heterocycles. The first-order valence-corrected chi connectivity index (χ1v) is 12.5. The maximum Gasteiger partial charge on any atom is 0.222 e. The molecular weight excluding hydrogens is 493 g/mol. The lowest BCUT2D eigenvalue weighted by Crippen LogP contribution is -2.18. The second-order valence-electron chi connectivity index (χ2n) is 9.57. The first-order chi connectivity index (χ1) is 18.7. The van der Waals surface area contributed by atoms with Crippen molar-refractivity contribution in [2.45, 2.75) is 47.0 Å². The number of aromatic nitrogens is 5. The minimum atomic E-state index is -0.584. The molecule has 3 N–H and O–H groups in total. The van der Waals surface area contributed by atoms with Crippen LogP contribution in [0.4, 0.5) is 11.6 Å². The van der Waals surface area contributed by atoms with Crippen LogP contribution >= 0.6 is 0 Å². The fourth-order valence-corrected chi connectivity index (χ4v) is 3.63. The molecule has 1 aliphatic heterocycles. The lowest BCUT2D eigenvalue weighted by atomic mass is 9.96. The molecule has 0 spiro atoms. The Morgan fingerprint density at radius 1 is 1.33 bits per heavy atom. The topological polar surface area (TPSA) is 149 Å². The van der Waals surface area contributed by atoms with Crippen molar-refractivity contribution in [3.8, 4) is 29.1 Å². The zero-order valence-electron chi connectivity index (χ0n) is 23.3. The molecule has 0 amide bonds. The van der Waals surface area contributed by atoms with Crippen molar-refractivity contribution in [1.82, 2.24) is 24.7 Å². The lowest BCUT2D eigenvalue weighted by Gasteiger charge is -2.20. The van der Waals surface area contributed by atoms with Crippen molar-refractivity contribution in [2.24, 2.45) is 23.2 Å². The number of allylic oxidation sites excluding steroid dienone is 2. The van der Waals surface area contributed by atoms with E-state index in [1.54, 1.807) is 42.5 Å². The van der Waals surface area contributed by atoms with Crippen molar-refractivity contribution in [1.29, 1.82) is 5.26 Å². The standard InChI is InChI=1S/C26H31N9O2.CH3B/c1-16-7-9-36-25-20(13-32-35(25)5)24-30-8-6-22(34-24)33-23-10-21(37-16)19(12-31-23)18(17(2)28)11-29-15-26(3,4)14-27;1-2/h6,8,10-13,16H,7,9,15,28H2,1-5H3,(H,30,31,33,34);1H3/b18-17+,29-11?;/t16-;/m0./s1. The number of aryl methyl sites for hydroxylation is 1. The number of fused-ring (bicyclic) bond motifs is 6. The third-order valence-corrected chi connectivity index (χ3v) is 5.72. The van der Waals surface area contributed by atoms with Gasteiger partial charge >= 0.3 is 0 Å². The van der Waals surface area contributed by atoms with Gasteiger partial charge in [-0.2, -0.15) is 10.4 Å². The minimum absolute atomic E-state index is 0.184. The van der Waals surface area contributed by atoms with E-state index in [-0.39, 0.29) is 6.10 Å². The van der Waals surface area contributed by atoms with Crippen LogP contribution in [-0.2, 0) is 7.05 Å². The second kappa shape index (κ2) is 12.9. The summed E-state index contributed by atoms with van der Waals surface area (Å²) < 4.78 is 14.1. The van der Waals surface area contributed by atoms with Crippen LogP contribution in [0.15, 0.2) is 41.4 Å². The molecule has 11 nitrogen and oxygen atoms in total. The van der Waals surface area contributed by atoms with Crippen LogP contribution in [0.2, 0.25) is 6.82 Å². The normalized spacial score (nSPS) is 15.7. The van der Waals surface area contributed by atoms with Crippen molar-refractivity contribution < 1.29 is 9.47 Å². The molecule has 0 saturated carbocycles. The summed E-state index contributed by atoms with van der Waals surface area (Å²) in [6.07, 6.45) is 7.16. The highest BCUT2D eigenvalue weighted by atomic mass is 16.5. The van der Waals surface area contributed by atoms with Crippen LogP contribution in [0.25, 0.3) is 17.0 Å². The van der Waals surface area contributed by atoms with E-state index in [0.29, 0.717) is 71.1 Å². The summed E-state index contributed by atoms with van der Waals surface area (Å²) in [5.74, 6) is 2.77. The molecule has 3 aromatic rings. The van der Waals surface area contributed by atoms with Gasteiger partial charge in [-0.1, -0.05) is 6.82 Å². The van der Waals surface area contributed by atoms with Crippen LogP contribution < -0.4 is 20.5 Å². The molecule has 12 heteroatoms. The first-order valence-electron chi connectivity index (χ1n) is 12.5. The maximum atomic E-state index is 9.31. The monoisotopic (exact) mass is 527 g/mol. The van der Waals surface area contributed by atoms with Gasteiger partial charge < -0.3 is 20.5 Å². The fraction of sp³-hybridized carbons (Fsp3) is 0.407. The van der Waals surface area contributed by atoms with E-state index < -0.39 is 5.41 Å². The van der Waals surface area contributed by atoms with Gasteiger partial charge in [0.2, 0.25) is 5.88 Å². The highest BCUT2D eigenvalue weighted by Crippen LogP contribution is 2.32. The highest BCUT2D eigenvalue weighted by molar-refractivity contribution is 6.11. The minimum Gasteiger partial charge on any atom is -0.490 e. The smallest absolute Gasteiger partial charge is 0.222 e. The van der Waals surface area contributed by atoms with E-state index in [9.17, 15) is 5.26 Å². The lowest BCUT2D eigenvalue weighted by molar-refractivity contribution is 0.172. The molecule has 1 atom stereocenters. The van der Waals surface area contributed by atoms with Crippen molar-refractivity contribution in [3.05, 3.63) is 42.0 Å². The maximum absolute atomic E-state index is 9.31. The molecule has 0 fully saturated rings. The number of anilines is 2. The molecule has 0 aromatic carbocycles. The number of rotatable bonds is 4. The van der Waals surface area contributed by atoms with Crippen LogP contribution in [0.1, 0.15) is 39.7 Å². The molecule has 3 aromatic heterocycles. The van der Waals surface area contributed by atoms with E-state index in [1.807, 2.05) is 33.9 Å². The second-order valence-corrected chi connectivity index (χ2v) is 9.57. The van der Waals surface area contributed by atoms with E-state index >= 15 is 0 Å². The van der Waals surface area contributed by atoms with Gasteiger partial charge in [-0.05, 0) is 33.8 Å². The Kier molecular flexibility index (Phi) is 9.65. The molecule has 4 bridgehead atoms. The van der Waals surface area contributed by atoms with Gasteiger partial charge in [-0.15, -0.1) is 0 Å². The summed E-state index contributed by atoms with van der Waals surface area (Å²) in [6.45, 7) is 9.69. The predicted octanol–water partition coefficient (Wildman–Crippen LogP) is 4.08. The van der Waals surface area contributed by atoms with Gasteiger partial charge in [0.15, 0.2) is 5.82 Å². The molecule has 202 valence electrons. The Morgan fingerprint density at radius 2 is 2.10 bits per heavy atom. The SMILES string of the molecule is C/C(N)=C(/C=NCC(C)(C)C#N)c1cnc2cc1O[C@@H](C)CCOc1c(cnn1C)-c1nccc(n1)N2.[B]C. The number of hydrogen-bond donors (Lipinski definition) is 2. The van der Waals surface area contributed by atoms with Gasteiger partial charge in [0.05, 0.1) is 44.8 Å². The number of nitrogens with zero attached hydrogens (tertiary/aromatic N) is 7. The average Bonchev–Trinajstić information content (AvgIpc) is 3.28. The molecule has 39 heavy (non-hydrogen) atoms. The van der Waals surface area contributed by atoms with Gasteiger partial charge in [-0.3, -0.25) is 4.99 Å². The Morgan fingerprint density at radius 3 is 2.82 bits per heavy atom. The molecule has 0 unspecified atom stereocenters. The molecule has 1 aliphatic rings. The van der Waals surface area contributed by atoms with E-state index in [1.165, 1.54) is 6.82 Å². The van der Waals surface area contributed by atoms with Crippen LogP contribution in [0, 0.1) is 16.7 Å². The van der Waals surface area contributed by atoms with Crippen LogP contribution in [-0.4, -0.2) is 58.0 Å². The summed E-state index contributed by atoms with van der Waals surface area (Å²) >= 11 is 0. The van der Waals surface area contributed by atoms with Gasteiger partial charge in [0.1, 0.15) is 22.9 Å². The quantitative estimate of drug-likeness (QED) is 0.378. The van der Waals surface area contributed by atoms with Gasteiger partial charge in [0.25, 0.3) is 0 Å². The molecule has 0 aliphatic carbocycles. The zero-order chi connectivity index (χ0) is 28.6. The van der Waals surface area contributed by atoms with E-state index in [2.05, 4.69) is 44.3 Å². The van der Waals surface area contributed by atoms with Crippen molar-refractivity contribution >= 4 is 31.3 Å². The number of hydrogen-bond acceptors (Lipinski definition) is 10. The number of pyridine rings is 1. The largest absolute Gasteiger partial charge is 0.490 e. The fourth-order valence-electron chi connectivity index (χ4n) is 3.63. The third-order valence-electron chi connectivity index (χ3n) is 5.72. The number of ether oxygens (including phenoxy) is 2. The van der Waals surface area contributed by atoms with Crippen molar-refractivity contribution in [2.75, 3.05) is 18.5 Å². The number of aliphatic imine (C=N–C) groups is 1. The van der Waals surface area contributed by atoms with Crippen LogP contribution in [0.3, 0.4) is 0 Å². The zero-order valence-corrected chi connectivity index (χ0v) is 23.3. The molecule has 2 radical (unpaired) electrons. The Hall–Kier alpha value is -4.40. The molecule has 4 rings (SSSR count). The summed E-state index contributed by atoms with van der Waals surface area (Å²) in [7, 11) is 6.31. The Labute approximate surface area is 230 Å². The van der Waals surface area contributed by atoms with E-state index in [0.717, 1.165) is 0 Å². The summed E-state index contributed by atoms with van der Waals surface area (Å²) in [6, 6.07) is 5.82. The number of nitrogens with two attached hydrogens (primary N) is 1. The van der Waals surface area contributed by atoms with Crippen LogP contribution in [0.5, 0.6) is 11.6 Å². The number of nitriles is 1.